The fraction of sp³-hybridized carbons (Fsp3) is 0.176. The molecule has 0 heterocycles. The highest BCUT2D eigenvalue weighted by Crippen LogP contribution is 2.17. The van der Waals surface area contributed by atoms with Gasteiger partial charge in [0.05, 0.1) is 16.3 Å². The first-order valence-electron chi connectivity index (χ1n) is 6.65. The molecule has 21 heavy (non-hydrogen) atoms. The predicted molar refractivity (Wildman–Crippen MR) is 87.0 cm³/mol. The topological polar surface area (TPSA) is 41.5 Å². The predicted octanol–water partition coefficient (Wildman–Crippen LogP) is 4.11. The quantitative estimate of drug-likeness (QED) is 0.672. The number of carbonyl (C=O) groups excluding carboxylic acids is 1. The first-order valence-corrected chi connectivity index (χ1v) is 7.03. The van der Waals surface area contributed by atoms with Gasteiger partial charge in [0.1, 0.15) is 0 Å². The van der Waals surface area contributed by atoms with Gasteiger partial charge < -0.3 is 0 Å². The summed E-state index contributed by atoms with van der Waals surface area (Å²) < 4.78 is 0. The van der Waals surface area contributed by atoms with Gasteiger partial charge in [0, 0.05) is 0 Å². The summed E-state index contributed by atoms with van der Waals surface area (Å²) in [6.07, 6.45) is 0. The van der Waals surface area contributed by atoms with Crippen LogP contribution < -0.4 is 5.43 Å². The lowest BCUT2D eigenvalue weighted by Gasteiger charge is -2.05. The molecule has 0 saturated carbocycles. The number of carbonyl (C=O) groups is 1. The number of nitrogens with zero attached hydrogens (tertiary/aromatic N) is 1. The fourth-order valence-electron chi connectivity index (χ4n) is 1.86. The number of halogens is 1. The molecule has 0 unspecified atom stereocenters. The van der Waals surface area contributed by atoms with Crippen molar-refractivity contribution in [3.8, 4) is 0 Å². The summed E-state index contributed by atoms with van der Waals surface area (Å²) in [6.45, 7) is 5.80. The molecular weight excluding hydrogens is 284 g/mol. The number of rotatable bonds is 3. The normalized spacial score (nSPS) is 11.3. The van der Waals surface area contributed by atoms with Crippen molar-refractivity contribution in [3.05, 3.63) is 69.7 Å². The van der Waals surface area contributed by atoms with Crippen molar-refractivity contribution in [2.75, 3.05) is 0 Å². The fourth-order valence-corrected chi connectivity index (χ4v) is 2.18. The molecule has 0 aliphatic carbocycles. The SMILES string of the molecule is C/C(=N\NC(=O)c1ccc(C)cc1Cl)c1ccc(C)cc1. The second-order valence-corrected chi connectivity index (χ2v) is 5.39. The molecule has 0 aromatic heterocycles. The van der Waals surface area contributed by atoms with Crippen molar-refractivity contribution < 1.29 is 4.79 Å². The summed E-state index contributed by atoms with van der Waals surface area (Å²) in [5.74, 6) is -0.313. The summed E-state index contributed by atoms with van der Waals surface area (Å²) >= 11 is 6.06. The maximum atomic E-state index is 12.1. The van der Waals surface area contributed by atoms with E-state index in [0.717, 1.165) is 16.8 Å². The Labute approximate surface area is 129 Å². The van der Waals surface area contributed by atoms with E-state index < -0.39 is 0 Å². The number of aryl methyl sites for hydroxylation is 2. The largest absolute Gasteiger partial charge is 0.272 e. The van der Waals surface area contributed by atoms with Gasteiger partial charge in [0.15, 0.2) is 0 Å². The van der Waals surface area contributed by atoms with Gasteiger partial charge in [-0.2, -0.15) is 5.10 Å². The third-order valence-electron chi connectivity index (χ3n) is 3.16. The Morgan fingerprint density at radius 1 is 1.05 bits per heavy atom. The smallest absolute Gasteiger partial charge is 0.267 e. The molecule has 0 spiro atoms. The molecule has 1 N–H and O–H groups in total. The number of amides is 1. The Balaban J connectivity index is 2.12. The Morgan fingerprint density at radius 2 is 1.67 bits per heavy atom. The van der Waals surface area contributed by atoms with E-state index in [0.29, 0.717) is 10.6 Å². The molecule has 2 aromatic rings. The van der Waals surface area contributed by atoms with Crippen molar-refractivity contribution in [3.63, 3.8) is 0 Å². The molecule has 2 rings (SSSR count). The van der Waals surface area contributed by atoms with Gasteiger partial charge in [-0.3, -0.25) is 4.79 Å². The van der Waals surface area contributed by atoms with E-state index in [4.69, 9.17) is 11.6 Å². The van der Waals surface area contributed by atoms with Crippen LogP contribution in [0.5, 0.6) is 0 Å². The zero-order valence-corrected chi connectivity index (χ0v) is 13.0. The molecular formula is C17H17ClN2O. The zero-order valence-electron chi connectivity index (χ0n) is 12.3. The van der Waals surface area contributed by atoms with Crippen molar-refractivity contribution in [1.82, 2.24) is 5.43 Å². The molecule has 0 aliphatic rings. The maximum absolute atomic E-state index is 12.1. The minimum Gasteiger partial charge on any atom is -0.267 e. The van der Waals surface area contributed by atoms with Crippen molar-refractivity contribution in [2.24, 2.45) is 5.10 Å². The van der Waals surface area contributed by atoms with Crippen LogP contribution in [-0.2, 0) is 0 Å². The van der Waals surface area contributed by atoms with Crippen LogP contribution in [-0.4, -0.2) is 11.6 Å². The minimum absolute atomic E-state index is 0.313. The van der Waals surface area contributed by atoms with E-state index in [1.165, 1.54) is 5.56 Å². The van der Waals surface area contributed by atoms with Crippen molar-refractivity contribution in [2.45, 2.75) is 20.8 Å². The van der Waals surface area contributed by atoms with Crippen LogP contribution in [0.2, 0.25) is 5.02 Å². The van der Waals surface area contributed by atoms with Crippen molar-refractivity contribution >= 4 is 23.2 Å². The molecule has 0 atom stereocenters. The molecule has 0 fully saturated rings. The zero-order chi connectivity index (χ0) is 15.4. The number of hydrazone groups is 1. The van der Waals surface area contributed by atoms with Gasteiger partial charge in [-0.1, -0.05) is 47.5 Å². The molecule has 1 amide bonds. The molecule has 108 valence electrons. The summed E-state index contributed by atoms with van der Waals surface area (Å²) in [6, 6.07) is 13.3. The lowest BCUT2D eigenvalue weighted by molar-refractivity contribution is 0.0955. The summed E-state index contributed by atoms with van der Waals surface area (Å²) in [5, 5.41) is 4.55. The highest BCUT2D eigenvalue weighted by molar-refractivity contribution is 6.33. The number of hydrogen-bond donors (Lipinski definition) is 1. The monoisotopic (exact) mass is 300 g/mol. The highest BCUT2D eigenvalue weighted by atomic mass is 35.5. The van der Waals surface area contributed by atoms with Crippen LogP contribution in [0.4, 0.5) is 0 Å². The van der Waals surface area contributed by atoms with E-state index in [9.17, 15) is 4.79 Å². The Kier molecular flexibility index (Phi) is 4.76. The average Bonchev–Trinajstić information content (AvgIpc) is 2.45. The van der Waals surface area contributed by atoms with Crippen LogP contribution in [0.25, 0.3) is 0 Å². The third kappa shape index (κ3) is 3.92. The number of hydrogen-bond acceptors (Lipinski definition) is 2. The standard InChI is InChI=1S/C17H17ClN2O/c1-11-4-7-14(8-5-11)13(3)19-20-17(21)15-9-6-12(2)10-16(15)18/h4-10H,1-3H3,(H,20,21)/b19-13+. The first-order chi connectivity index (χ1) is 9.97. The molecule has 0 bridgehead atoms. The molecule has 4 heteroatoms. The summed E-state index contributed by atoms with van der Waals surface area (Å²) in [5.41, 5.74) is 6.86. The van der Waals surface area contributed by atoms with Crippen LogP contribution in [0.15, 0.2) is 47.6 Å². The molecule has 0 saturated heterocycles. The average molecular weight is 301 g/mol. The van der Waals surface area contributed by atoms with E-state index in [-0.39, 0.29) is 5.91 Å². The molecule has 0 radical (unpaired) electrons. The summed E-state index contributed by atoms with van der Waals surface area (Å²) in [4.78, 5) is 12.1. The first kappa shape index (κ1) is 15.3. The second-order valence-electron chi connectivity index (χ2n) is 4.99. The van der Waals surface area contributed by atoms with E-state index in [1.807, 2.05) is 51.1 Å². The van der Waals surface area contributed by atoms with Gasteiger partial charge in [0.2, 0.25) is 0 Å². The van der Waals surface area contributed by atoms with Gasteiger partial charge in [-0.25, -0.2) is 5.43 Å². The van der Waals surface area contributed by atoms with Crippen LogP contribution >= 0.6 is 11.6 Å². The lowest BCUT2D eigenvalue weighted by atomic mass is 10.1. The number of benzene rings is 2. The second kappa shape index (κ2) is 6.55. The van der Waals surface area contributed by atoms with E-state index >= 15 is 0 Å². The molecule has 3 nitrogen and oxygen atoms in total. The minimum atomic E-state index is -0.313. The summed E-state index contributed by atoms with van der Waals surface area (Å²) in [7, 11) is 0. The Bertz CT molecular complexity index is 690. The highest BCUT2D eigenvalue weighted by Gasteiger charge is 2.09. The van der Waals surface area contributed by atoms with Crippen LogP contribution in [0.1, 0.15) is 34.0 Å². The van der Waals surface area contributed by atoms with E-state index in [1.54, 1.807) is 12.1 Å². The maximum Gasteiger partial charge on any atom is 0.272 e. The Hall–Kier alpha value is -2.13. The van der Waals surface area contributed by atoms with Gasteiger partial charge in [0.25, 0.3) is 5.91 Å². The van der Waals surface area contributed by atoms with Gasteiger partial charge >= 0.3 is 0 Å². The lowest BCUT2D eigenvalue weighted by Crippen LogP contribution is -2.19. The third-order valence-corrected chi connectivity index (χ3v) is 3.48. The molecule has 0 aliphatic heterocycles. The number of nitrogens with one attached hydrogen (secondary N) is 1. The van der Waals surface area contributed by atoms with Crippen LogP contribution in [0, 0.1) is 13.8 Å². The molecule has 2 aromatic carbocycles. The van der Waals surface area contributed by atoms with Crippen LogP contribution in [0.3, 0.4) is 0 Å². The van der Waals surface area contributed by atoms with E-state index in [2.05, 4.69) is 10.5 Å². The Morgan fingerprint density at radius 3 is 2.29 bits per heavy atom. The van der Waals surface area contributed by atoms with Crippen molar-refractivity contribution in [1.29, 1.82) is 0 Å². The van der Waals surface area contributed by atoms with Gasteiger partial charge in [-0.15, -0.1) is 0 Å². The van der Waals surface area contributed by atoms with Gasteiger partial charge in [-0.05, 0) is 44.0 Å².